The number of piperazine rings is 1. The molecule has 0 saturated carbocycles. The summed E-state index contributed by atoms with van der Waals surface area (Å²) in [6.45, 7) is 2.37. The first kappa shape index (κ1) is 21.9. The molecule has 3 saturated heterocycles. The Kier molecular flexibility index (Phi) is 5.60. The van der Waals surface area contributed by atoms with E-state index in [1.807, 2.05) is 53.4 Å². The van der Waals surface area contributed by atoms with E-state index in [0.717, 1.165) is 22.6 Å². The number of rotatable bonds is 6. The number of imide groups is 1. The molecule has 0 unspecified atom stereocenters. The molecule has 3 aliphatic rings. The average molecular weight is 452 g/mol. The van der Waals surface area contributed by atoms with Crippen molar-refractivity contribution in [3.63, 3.8) is 0 Å². The van der Waals surface area contributed by atoms with Gasteiger partial charge in [-0.2, -0.15) is 0 Å². The van der Waals surface area contributed by atoms with Gasteiger partial charge >= 0.3 is 0 Å². The van der Waals surface area contributed by atoms with Gasteiger partial charge in [-0.05, 0) is 41.8 Å². The van der Waals surface area contributed by atoms with Crippen LogP contribution in [-0.4, -0.2) is 83.2 Å². The minimum absolute atomic E-state index is 0.167. The van der Waals surface area contributed by atoms with Crippen LogP contribution < -0.4 is 9.47 Å². The van der Waals surface area contributed by atoms with Crippen LogP contribution in [0.4, 0.5) is 0 Å². The van der Waals surface area contributed by atoms with Crippen molar-refractivity contribution in [3.05, 3.63) is 59.7 Å². The second-order valence-corrected chi connectivity index (χ2v) is 9.16. The summed E-state index contributed by atoms with van der Waals surface area (Å²) in [6.07, 6.45) is -0.231. The summed E-state index contributed by atoms with van der Waals surface area (Å²) in [5, 5.41) is 10.3. The number of nitrogens with zero attached hydrogens (tertiary/aromatic N) is 3. The number of carbonyl (C=O) groups is 2. The minimum Gasteiger partial charge on any atom is -0.497 e. The largest absolute Gasteiger partial charge is 0.497 e. The zero-order valence-electron chi connectivity index (χ0n) is 18.9. The Bertz CT molecular complexity index is 1030. The van der Waals surface area contributed by atoms with Crippen molar-refractivity contribution < 1.29 is 24.2 Å². The van der Waals surface area contributed by atoms with Crippen molar-refractivity contribution >= 4 is 11.8 Å². The number of hydrogen-bond donors (Lipinski definition) is 1. The lowest BCUT2D eigenvalue weighted by Gasteiger charge is -2.58. The topological polar surface area (TPSA) is 82.5 Å². The van der Waals surface area contributed by atoms with Gasteiger partial charge in [-0.25, -0.2) is 0 Å². The summed E-state index contributed by atoms with van der Waals surface area (Å²) in [4.78, 5) is 32.5. The van der Waals surface area contributed by atoms with Gasteiger partial charge in [-0.3, -0.25) is 24.3 Å². The highest BCUT2D eigenvalue weighted by Gasteiger charge is 2.64. The standard InChI is InChI=1S/C25H29N3O5/c1-32-20-7-3-17(4-8-20)12-26-15-25(16-26)24(31)27(13-18-5-9-21(33-2)10-6-18)23(30)22-11-19(29)14-28(22)25/h3-10,19,22,29H,11-16H2,1-2H3/t19-,22+/m1/s1. The maximum atomic E-state index is 13.7. The van der Waals surface area contributed by atoms with Gasteiger partial charge in [0.15, 0.2) is 0 Å². The molecular formula is C25H29N3O5. The summed E-state index contributed by atoms with van der Waals surface area (Å²) in [5.74, 6) is 1.15. The molecule has 0 bridgehead atoms. The molecule has 3 aliphatic heterocycles. The molecule has 1 spiro atoms. The number of hydrogen-bond acceptors (Lipinski definition) is 7. The van der Waals surface area contributed by atoms with E-state index in [9.17, 15) is 14.7 Å². The number of fused-ring (bicyclic) bond motifs is 2. The maximum absolute atomic E-state index is 13.7. The van der Waals surface area contributed by atoms with E-state index < -0.39 is 17.7 Å². The van der Waals surface area contributed by atoms with E-state index in [1.54, 1.807) is 14.2 Å². The lowest BCUT2D eigenvalue weighted by molar-refractivity contribution is -0.181. The number of ether oxygens (including phenoxy) is 2. The first-order valence-corrected chi connectivity index (χ1v) is 11.2. The number of benzene rings is 2. The van der Waals surface area contributed by atoms with Crippen molar-refractivity contribution in [2.24, 2.45) is 0 Å². The number of aliphatic hydroxyl groups is 1. The normalized spacial score (nSPS) is 24.6. The van der Waals surface area contributed by atoms with Crippen LogP contribution in [0.3, 0.4) is 0 Å². The van der Waals surface area contributed by atoms with Crippen LogP contribution in [-0.2, 0) is 22.7 Å². The molecule has 3 fully saturated rings. The van der Waals surface area contributed by atoms with Crippen LogP contribution in [0.5, 0.6) is 11.5 Å². The van der Waals surface area contributed by atoms with Crippen molar-refractivity contribution in [1.29, 1.82) is 0 Å². The molecule has 2 aromatic rings. The van der Waals surface area contributed by atoms with Crippen molar-refractivity contribution in [1.82, 2.24) is 14.7 Å². The quantitative estimate of drug-likeness (QED) is 0.662. The van der Waals surface area contributed by atoms with Gasteiger partial charge in [0, 0.05) is 26.2 Å². The van der Waals surface area contributed by atoms with Gasteiger partial charge in [0.2, 0.25) is 5.91 Å². The molecular weight excluding hydrogens is 422 g/mol. The zero-order chi connectivity index (χ0) is 23.2. The Morgan fingerprint density at radius 2 is 1.45 bits per heavy atom. The molecule has 3 heterocycles. The van der Waals surface area contributed by atoms with E-state index in [4.69, 9.17) is 9.47 Å². The molecule has 8 nitrogen and oxygen atoms in total. The maximum Gasteiger partial charge on any atom is 0.252 e. The van der Waals surface area contributed by atoms with E-state index >= 15 is 0 Å². The minimum atomic E-state index is -0.769. The van der Waals surface area contributed by atoms with Gasteiger partial charge in [-0.1, -0.05) is 24.3 Å². The molecule has 174 valence electrons. The molecule has 2 amide bonds. The monoisotopic (exact) mass is 451 g/mol. The van der Waals surface area contributed by atoms with Crippen molar-refractivity contribution in [2.75, 3.05) is 33.9 Å². The highest BCUT2D eigenvalue weighted by Crippen LogP contribution is 2.41. The molecule has 2 aromatic carbocycles. The van der Waals surface area contributed by atoms with Crippen molar-refractivity contribution in [2.45, 2.75) is 37.2 Å². The SMILES string of the molecule is COc1ccc(CN2CC3(C2)C(=O)N(Cc2ccc(OC)cc2)C(=O)[C@@H]2C[C@@H](O)CN23)cc1. The van der Waals surface area contributed by atoms with Crippen LogP contribution >= 0.6 is 0 Å². The Morgan fingerprint density at radius 3 is 2.00 bits per heavy atom. The number of carbonyl (C=O) groups excluding carboxylic acids is 2. The molecule has 2 atom stereocenters. The first-order chi connectivity index (χ1) is 15.9. The highest BCUT2D eigenvalue weighted by molar-refractivity contribution is 6.06. The van der Waals surface area contributed by atoms with Gasteiger partial charge in [0.25, 0.3) is 5.91 Å². The summed E-state index contributed by atoms with van der Waals surface area (Å²) >= 11 is 0. The molecule has 8 heteroatoms. The third kappa shape index (κ3) is 3.78. The number of likely N-dealkylation sites (tertiary alicyclic amines) is 1. The lowest BCUT2D eigenvalue weighted by Crippen LogP contribution is -2.81. The number of aliphatic hydroxyl groups excluding tert-OH is 1. The van der Waals surface area contributed by atoms with Gasteiger partial charge in [0.05, 0.1) is 32.9 Å². The second-order valence-electron chi connectivity index (χ2n) is 9.16. The molecule has 0 aliphatic carbocycles. The molecule has 0 radical (unpaired) electrons. The van der Waals surface area contributed by atoms with E-state index in [1.165, 1.54) is 4.90 Å². The predicted molar refractivity (Wildman–Crippen MR) is 121 cm³/mol. The second kappa shape index (κ2) is 8.44. The van der Waals surface area contributed by atoms with Crippen LogP contribution in [0.15, 0.2) is 48.5 Å². The van der Waals surface area contributed by atoms with Crippen LogP contribution in [0.25, 0.3) is 0 Å². The number of β-amino-alcohol motifs (C(OH)–C–C–N with tert-alkyl or cyclic N) is 1. The van der Waals surface area contributed by atoms with Crippen LogP contribution in [0.2, 0.25) is 0 Å². The van der Waals surface area contributed by atoms with Gasteiger partial charge in [0.1, 0.15) is 17.0 Å². The van der Waals surface area contributed by atoms with Crippen LogP contribution in [0, 0.1) is 0 Å². The van der Waals surface area contributed by atoms with E-state index in [0.29, 0.717) is 32.6 Å². The summed E-state index contributed by atoms with van der Waals surface area (Å²) < 4.78 is 10.4. The third-order valence-corrected chi connectivity index (χ3v) is 7.06. The highest BCUT2D eigenvalue weighted by atomic mass is 16.5. The molecule has 33 heavy (non-hydrogen) atoms. The number of amides is 2. The fourth-order valence-corrected chi connectivity index (χ4v) is 5.35. The molecule has 5 rings (SSSR count). The van der Waals surface area contributed by atoms with Gasteiger partial charge < -0.3 is 14.6 Å². The summed E-state index contributed by atoms with van der Waals surface area (Å²) in [6, 6.07) is 14.8. The lowest BCUT2D eigenvalue weighted by atomic mass is 9.82. The zero-order valence-corrected chi connectivity index (χ0v) is 18.9. The fourth-order valence-electron chi connectivity index (χ4n) is 5.35. The van der Waals surface area contributed by atoms with Crippen molar-refractivity contribution in [3.8, 4) is 11.5 Å². The summed E-state index contributed by atoms with van der Waals surface area (Å²) in [5.41, 5.74) is 1.24. The van der Waals surface area contributed by atoms with E-state index in [-0.39, 0.29) is 18.4 Å². The summed E-state index contributed by atoms with van der Waals surface area (Å²) in [7, 11) is 3.24. The molecule has 0 aromatic heterocycles. The Balaban J connectivity index is 1.35. The van der Waals surface area contributed by atoms with Crippen LogP contribution in [0.1, 0.15) is 17.5 Å². The molecule has 1 N–H and O–H groups in total. The first-order valence-electron chi connectivity index (χ1n) is 11.2. The van der Waals surface area contributed by atoms with Gasteiger partial charge in [-0.15, -0.1) is 0 Å². The number of methoxy groups -OCH3 is 2. The predicted octanol–water partition coefficient (Wildman–Crippen LogP) is 1.26. The van der Waals surface area contributed by atoms with E-state index in [2.05, 4.69) is 4.90 Å². The Labute approximate surface area is 193 Å². The third-order valence-electron chi connectivity index (χ3n) is 7.06. The fraction of sp³-hybridized carbons (Fsp3) is 0.440. The average Bonchev–Trinajstić information content (AvgIpc) is 3.21. The Hall–Kier alpha value is -2.94. The smallest absolute Gasteiger partial charge is 0.252 e. The Morgan fingerprint density at radius 1 is 0.909 bits per heavy atom.